The minimum absolute atomic E-state index is 0.0400. The Bertz CT molecular complexity index is 784. The normalized spacial score (nSPS) is 15.3. The largest absolute Gasteiger partial charge is 0.313 e. The molecule has 2 N–H and O–H groups in total. The van der Waals surface area contributed by atoms with Gasteiger partial charge in [0.2, 0.25) is 0 Å². The van der Waals surface area contributed by atoms with Crippen LogP contribution in [0.15, 0.2) is 42.5 Å². The quantitative estimate of drug-likeness (QED) is 0.732. The van der Waals surface area contributed by atoms with Gasteiger partial charge in [0, 0.05) is 30.6 Å². The maximum absolute atomic E-state index is 3.75. The Morgan fingerprint density at radius 1 is 0.778 bits per heavy atom. The van der Waals surface area contributed by atoms with Crippen LogP contribution in [0.5, 0.6) is 0 Å². The van der Waals surface area contributed by atoms with Gasteiger partial charge in [-0.25, -0.2) is 0 Å². The molecule has 0 saturated carbocycles. The third-order valence-corrected chi connectivity index (χ3v) is 5.72. The Labute approximate surface area is 165 Å². The first kappa shape index (κ1) is 20.1. The summed E-state index contributed by atoms with van der Waals surface area (Å²) < 4.78 is 0. The van der Waals surface area contributed by atoms with Crippen molar-refractivity contribution in [3.8, 4) is 11.1 Å². The van der Waals surface area contributed by atoms with E-state index in [2.05, 4.69) is 102 Å². The van der Waals surface area contributed by atoms with E-state index in [0.29, 0.717) is 12.1 Å². The van der Waals surface area contributed by atoms with Gasteiger partial charge in [-0.3, -0.25) is 0 Å². The SMILES string of the molecule is CC(C)NCC1(CNC(C)C)c2ccccc2-c2c(C(C)(C)C)cccc21. The molecule has 27 heavy (non-hydrogen) atoms. The van der Waals surface area contributed by atoms with E-state index in [9.17, 15) is 0 Å². The molecule has 0 atom stereocenters. The monoisotopic (exact) mass is 364 g/mol. The Hall–Kier alpha value is -1.64. The molecule has 0 saturated heterocycles. The van der Waals surface area contributed by atoms with E-state index >= 15 is 0 Å². The molecule has 1 aliphatic rings. The predicted molar refractivity (Wildman–Crippen MR) is 118 cm³/mol. The summed E-state index contributed by atoms with van der Waals surface area (Å²) in [5.74, 6) is 0. The molecule has 0 aromatic heterocycles. The fraction of sp³-hybridized carbons (Fsp3) is 0.520. The molecule has 1 aliphatic carbocycles. The van der Waals surface area contributed by atoms with Gasteiger partial charge in [0.1, 0.15) is 0 Å². The van der Waals surface area contributed by atoms with Gasteiger partial charge in [0.15, 0.2) is 0 Å². The van der Waals surface area contributed by atoms with Crippen molar-refractivity contribution >= 4 is 0 Å². The summed E-state index contributed by atoms with van der Waals surface area (Å²) in [5.41, 5.74) is 7.32. The molecule has 0 bridgehead atoms. The lowest BCUT2D eigenvalue weighted by atomic mass is 9.76. The smallest absolute Gasteiger partial charge is 0.0463 e. The molecule has 2 nitrogen and oxygen atoms in total. The van der Waals surface area contributed by atoms with Gasteiger partial charge >= 0.3 is 0 Å². The molecular formula is C25H36N2. The highest BCUT2D eigenvalue weighted by molar-refractivity contribution is 5.84. The zero-order valence-electron chi connectivity index (χ0n) is 18.1. The standard InChI is InChI=1S/C25H36N2/c1-17(2)26-15-25(16-27-18(3)4)20-12-9-8-11-19(20)23-21(24(5,6)7)13-10-14-22(23)25/h8-14,17-18,26-27H,15-16H2,1-7H3. The van der Waals surface area contributed by atoms with Gasteiger partial charge in [0.25, 0.3) is 0 Å². The van der Waals surface area contributed by atoms with Gasteiger partial charge in [-0.15, -0.1) is 0 Å². The molecule has 2 heteroatoms. The van der Waals surface area contributed by atoms with E-state index in [1.165, 1.54) is 27.8 Å². The van der Waals surface area contributed by atoms with Gasteiger partial charge in [-0.1, -0.05) is 90.9 Å². The molecule has 146 valence electrons. The Kier molecular flexibility index (Phi) is 5.52. The second kappa shape index (κ2) is 7.41. The van der Waals surface area contributed by atoms with Crippen molar-refractivity contribution in [2.75, 3.05) is 13.1 Å². The summed E-state index contributed by atoms with van der Waals surface area (Å²) in [6, 6.07) is 16.9. The number of hydrogen-bond acceptors (Lipinski definition) is 2. The zero-order chi connectivity index (χ0) is 19.8. The second-order valence-electron chi connectivity index (χ2n) is 9.68. The summed E-state index contributed by atoms with van der Waals surface area (Å²) in [5, 5.41) is 7.50. The molecule has 3 rings (SSSR count). The van der Waals surface area contributed by atoms with E-state index in [1.807, 2.05) is 0 Å². The molecule has 0 aliphatic heterocycles. The van der Waals surface area contributed by atoms with Crippen molar-refractivity contribution in [1.29, 1.82) is 0 Å². The van der Waals surface area contributed by atoms with Crippen LogP contribution in [0.1, 0.15) is 65.2 Å². The lowest BCUT2D eigenvalue weighted by Gasteiger charge is -2.35. The van der Waals surface area contributed by atoms with Crippen molar-refractivity contribution in [3.05, 3.63) is 59.2 Å². The maximum Gasteiger partial charge on any atom is 0.0463 e. The van der Waals surface area contributed by atoms with E-state index in [0.717, 1.165) is 13.1 Å². The van der Waals surface area contributed by atoms with Crippen molar-refractivity contribution in [2.24, 2.45) is 0 Å². The van der Waals surface area contributed by atoms with Gasteiger partial charge in [0.05, 0.1) is 0 Å². The minimum atomic E-state index is -0.0400. The van der Waals surface area contributed by atoms with Crippen molar-refractivity contribution < 1.29 is 0 Å². The van der Waals surface area contributed by atoms with Gasteiger partial charge in [-0.05, 0) is 33.2 Å². The van der Waals surface area contributed by atoms with Crippen molar-refractivity contribution in [2.45, 2.75) is 71.4 Å². The lowest BCUT2D eigenvalue weighted by molar-refractivity contribution is 0.403. The van der Waals surface area contributed by atoms with Crippen LogP contribution in [0.25, 0.3) is 11.1 Å². The molecule has 0 unspecified atom stereocenters. The molecule has 2 aromatic carbocycles. The number of benzene rings is 2. The Morgan fingerprint density at radius 2 is 1.33 bits per heavy atom. The lowest BCUT2D eigenvalue weighted by Crippen LogP contribution is -2.48. The summed E-state index contributed by atoms with van der Waals surface area (Å²) in [7, 11) is 0. The summed E-state index contributed by atoms with van der Waals surface area (Å²) in [6.07, 6.45) is 0. The number of rotatable bonds is 6. The van der Waals surface area contributed by atoms with E-state index in [4.69, 9.17) is 0 Å². The first-order valence-electron chi connectivity index (χ1n) is 10.4. The van der Waals surface area contributed by atoms with Crippen LogP contribution in [-0.4, -0.2) is 25.2 Å². The molecule has 0 spiro atoms. The molecule has 0 heterocycles. The van der Waals surface area contributed by atoms with Crippen LogP contribution in [0.2, 0.25) is 0 Å². The molecule has 2 aromatic rings. The van der Waals surface area contributed by atoms with Crippen LogP contribution < -0.4 is 10.6 Å². The average Bonchev–Trinajstić information content (AvgIpc) is 2.88. The van der Waals surface area contributed by atoms with Crippen LogP contribution in [0.4, 0.5) is 0 Å². The highest BCUT2D eigenvalue weighted by Crippen LogP contribution is 2.51. The predicted octanol–water partition coefficient (Wildman–Crippen LogP) is 5.25. The fourth-order valence-corrected chi connectivity index (χ4v) is 4.33. The first-order valence-corrected chi connectivity index (χ1v) is 10.4. The minimum Gasteiger partial charge on any atom is -0.313 e. The van der Waals surface area contributed by atoms with Gasteiger partial charge in [-0.2, -0.15) is 0 Å². The van der Waals surface area contributed by atoms with E-state index < -0.39 is 0 Å². The number of nitrogens with one attached hydrogen (secondary N) is 2. The van der Waals surface area contributed by atoms with Crippen LogP contribution in [0, 0.1) is 0 Å². The number of fused-ring (bicyclic) bond motifs is 3. The Morgan fingerprint density at radius 3 is 1.89 bits per heavy atom. The van der Waals surface area contributed by atoms with E-state index in [1.54, 1.807) is 0 Å². The second-order valence-corrected chi connectivity index (χ2v) is 9.68. The van der Waals surface area contributed by atoms with Crippen LogP contribution in [-0.2, 0) is 10.8 Å². The van der Waals surface area contributed by atoms with Crippen molar-refractivity contribution in [3.63, 3.8) is 0 Å². The number of hydrogen-bond donors (Lipinski definition) is 2. The third kappa shape index (κ3) is 3.70. The average molecular weight is 365 g/mol. The molecule has 0 radical (unpaired) electrons. The molecular weight excluding hydrogens is 328 g/mol. The fourth-order valence-electron chi connectivity index (χ4n) is 4.33. The summed E-state index contributed by atoms with van der Waals surface area (Å²) in [4.78, 5) is 0. The third-order valence-electron chi connectivity index (χ3n) is 5.72. The van der Waals surface area contributed by atoms with E-state index in [-0.39, 0.29) is 10.8 Å². The zero-order valence-corrected chi connectivity index (χ0v) is 18.1. The highest BCUT2D eigenvalue weighted by atomic mass is 15.0. The molecule has 0 fully saturated rings. The van der Waals surface area contributed by atoms with Crippen molar-refractivity contribution in [1.82, 2.24) is 10.6 Å². The topological polar surface area (TPSA) is 24.1 Å². The maximum atomic E-state index is 3.75. The Balaban J connectivity index is 2.26. The summed E-state index contributed by atoms with van der Waals surface area (Å²) >= 11 is 0. The highest BCUT2D eigenvalue weighted by Gasteiger charge is 2.44. The first-order chi connectivity index (χ1) is 12.7. The van der Waals surface area contributed by atoms with Crippen LogP contribution >= 0.6 is 0 Å². The summed E-state index contributed by atoms with van der Waals surface area (Å²) in [6.45, 7) is 17.8. The molecule has 0 amide bonds. The van der Waals surface area contributed by atoms with Crippen LogP contribution in [0.3, 0.4) is 0 Å². The van der Waals surface area contributed by atoms with Gasteiger partial charge < -0.3 is 10.6 Å².